The summed E-state index contributed by atoms with van der Waals surface area (Å²) in [5.41, 5.74) is 5.67. The molecule has 0 aliphatic carbocycles. The number of nitrogens with zero attached hydrogens (tertiary/aromatic N) is 2. The third kappa shape index (κ3) is 5.30. The molecule has 1 aliphatic rings. The highest BCUT2D eigenvalue weighted by Crippen LogP contribution is 2.45. The fourth-order valence-electron chi connectivity index (χ4n) is 4.35. The molecule has 8 heteroatoms. The lowest BCUT2D eigenvalue weighted by atomic mass is 9.99. The molecular formula is C27H31N5OS2. The fourth-order valence-corrected chi connectivity index (χ4v) is 6.64. The predicted molar refractivity (Wildman–Crippen MR) is 147 cm³/mol. The van der Waals surface area contributed by atoms with Crippen molar-refractivity contribution in [3.8, 4) is 21.7 Å². The zero-order chi connectivity index (χ0) is 24.4. The van der Waals surface area contributed by atoms with E-state index in [9.17, 15) is 4.79 Å². The minimum atomic E-state index is 0.0442. The Morgan fingerprint density at radius 3 is 2.83 bits per heavy atom. The number of aromatic nitrogens is 2. The molecule has 4 heterocycles. The number of anilines is 1. The first kappa shape index (κ1) is 24.1. The second-order valence-corrected chi connectivity index (χ2v) is 11.3. The molecule has 0 radical (unpaired) electrons. The van der Waals surface area contributed by atoms with Crippen LogP contribution < -0.4 is 16.0 Å². The van der Waals surface area contributed by atoms with E-state index in [0.717, 1.165) is 56.3 Å². The highest BCUT2D eigenvalue weighted by molar-refractivity contribution is 7.23. The van der Waals surface area contributed by atoms with Gasteiger partial charge >= 0.3 is 0 Å². The van der Waals surface area contributed by atoms with Crippen LogP contribution >= 0.6 is 22.7 Å². The third-order valence-corrected chi connectivity index (χ3v) is 8.74. The maximum atomic E-state index is 12.8. The number of carbonyl (C=O) groups excluding carboxylic acids is 1. The molecule has 1 amide bonds. The van der Waals surface area contributed by atoms with E-state index in [2.05, 4.69) is 59.9 Å². The highest BCUT2D eigenvalue weighted by atomic mass is 32.1. The molecule has 5 rings (SSSR count). The van der Waals surface area contributed by atoms with Gasteiger partial charge in [-0.2, -0.15) is 0 Å². The first-order chi connectivity index (χ1) is 17.0. The molecule has 182 valence electrons. The Bertz CT molecular complexity index is 1330. The van der Waals surface area contributed by atoms with Crippen LogP contribution in [0.25, 0.3) is 31.9 Å². The van der Waals surface area contributed by atoms with E-state index in [0.29, 0.717) is 25.0 Å². The van der Waals surface area contributed by atoms with Gasteiger partial charge in [0, 0.05) is 54.4 Å². The molecule has 35 heavy (non-hydrogen) atoms. The molecule has 0 saturated carbocycles. The normalized spacial score (nSPS) is 16.3. The maximum absolute atomic E-state index is 12.8. The van der Waals surface area contributed by atoms with E-state index in [1.54, 1.807) is 22.7 Å². The Morgan fingerprint density at radius 2 is 2.03 bits per heavy atom. The molecule has 0 fully saturated rings. The number of hydrogen-bond acceptors (Lipinski definition) is 7. The molecule has 3 N–H and O–H groups in total. The van der Waals surface area contributed by atoms with E-state index >= 15 is 0 Å². The van der Waals surface area contributed by atoms with Gasteiger partial charge in [0.2, 0.25) is 5.91 Å². The van der Waals surface area contributed by atoms with E-state index in [1.807, 2.05) is 24.5 Å². The average Bonchev–Trinajstić information content (AvgIpc) is 3.44. The molecular weight excluding hydrogens is 474 g/mol. The van der Waals surface area contributed by atoms with Crippen LogP contribution in [0.15, 0.2) is 42.7 Å². The van der Waals surface area contributed by atoms with E-state index in [1.165, 1.54) is 10.4 Å². The van der Waals surface area contributed by atoms with Crippen molar-refractivity contribution < 1.29 is 4.79 Å². The molecule has 0 saturated heterocycles. The van der Waals surface area contributed by atoms with Gasteiger partial charge in [0.25, 0.3) is 0 Å². The van der Waals surface area contributed by atoms with Gasteiger partial charge in [0.15, 0.2) is 0 Å². The van der Waals surface area contributed by atoms with Crippen LogP contribution in [0.5, 0.6) is 0 Å². The van der Waals surface area contributed by atoms with Crippen molar-refractivity contribution in [2.75, 3.05) is 11.9 Å². The topological polar surface area (TPSA) is 78.9 Å². The number of amides is 1. The summed E-state index contributed by atoms with van der Waals surface area (Å²) in [7, 11) is 0. The number of rotatable bonds is 8. The van der Waals surface area contributed by atoms with Crippen molar-refractivity contribution >= 4 is 43.8 Å². The second kappa shape index (κ2) is 10.5. The van der Waals surface area contributed by atoms with Gasteiger partial charge in [-0.1, -0.05) is 13.0 Å². The molecule has 6 nitrogen and oxygen atoms in total. The van der Waals surface area contributed by atoms with Crippen LogP contribution in [-0.2, 0) is 17.8 Å². The Kier molecular flexibility index (Phi) is 7.24. The van der Waals surface area contributed by atoms with Gasteiger partial charge in [-0.05, 0) is 67.6 Å². The van der Waals surface area contributed by atoms with E-state index < -0.39 is 0 Å². The van der Waals surface area contributed by atoms with Crippen LogP contribution in [0.4, 0.5) is 5.00 Å². The van der Waals surface area contributed by atoms with Gasteiger partial charge in [-0.15, -0.1) is 22.7 Å². The van der Waals surface area contributed by atoms with Crippen LogP contribution in [0.2, 0.25) is 0 Å². The fraction of sp³-hybridized carbons (Fsp3) is 0.370. The van der Waals surface area contributed by atoms with Gasteiger partial charge in [-0.25, -0.2) is 4.98 Å². The minimum Gasteiger partial charge on any atom is -0.317 e. The Labute approximate surface area is 214 Å². The summed E-state index contributed by atoms with van der Waals surface area (Å²) >= 11 is 3.38. The molecule has 2 atom stereocenters. The first-order valence-electron chi connectivity index (χ1n) is 12.2. The van der Waals surface area contributed by atoms with Gasteiger partial charge in [0.05, 0.1) is 10.2 Å². The quantitative estimate of drug-likeness (QED) is 0.280. The minimum absolute atomic E-state index is 0.0442. The first-order valence-corrected chi connectivity index (χ1v) is 13.9. The summed E-state index contributed by atoms with van der Waals surface area (Å²) in [5, 5.41) is 12.1. The zero-order valence-corrected chi connectivity index (χ0v) is 22.0. The number of thiophene rings is 1. The number of pyridine rings is 1. The van der Waals surface area contributed by atoms with Crippen LogP contribution in [-0.4, -0.2) is 34.5 Å². The van der Waals surface area contributed by atoms with Crippen molar-refractivity contribution in [3.63, 3.8) is 0 Å². The summed E-state index contributed by atoms with van der Waals surface area (Å²) in [6, 6.07) is 11.3. The van der Waals surface area contributed by atoms with Crippen LogP contribution in [0, 0.1) is 0 Å². The van der Waals surface area contributed by atoms with Crippen molar-refractivity contribution in [3.05, 3.63) is 53.2 Å². The Morgan fingerprint density at radius 1 is 1.20 bits per heavy atom. The van der Waals surface area contributed by atoms with Crippen molar-refractivity contribution in [1.82, 2.24) is 20.6 Å². The Balaban J connectivity index is 1.47. The van der Waals surface area contributed by atoms with Gasteiger partial charge in [-0.3, -0.25) is 9.78 Å². The molecule has 4 aromatic rings. The number of fused-ring (bicyclic) bond motifs is 2. The number of hydrogen-bond donors (Lipinski definition) is 3. The monoisotopic (exact) mass is 505 g/mol. The van der Waals surface area contributed by atoms with Crippen LogP contribution in [0.3, 0.4) is 0 Å². The summed E-state index contributed by atoms with van der Waals surface area (Å²) in [6.45, 7) is 8.01. The lowest BCUT2D eigenvalue weighted by Gasteiger charge is -2.20. The highest BCUT2D eigenvalue weighted by Gasteiger charge is 2.27. The molecule has 0 bridgehead atoms. The lowest BCUT2D eigenvalue weighted by molar-refractivity contribution is -0.116. The second-order valence-electron chi connectivity index (χ2n) is 9.19. The van der Waals surface area contributed by atoms with Crippen molar-refractivity contribution in [2.45, 2.75) is 58.7 Å². The summed E-state index contributed by atoms with van der Waals surface area (Å²) in [5.74, 6) is 0.0442. The number of carbonyl (C=O) groups is 1. The van der Waals surface area contributed by atoms with Gasteiger partial charge in [0.1, 0.15) is 10.0 Å². The van der Waals surface area contributed by atoms with Crippen molar-refractivity contribution in [1.29, 1.82) is 0 Å². The standard InChI is InChI=1S/C27H31N5OS2/c1-4-16(2)29-12-9-24(33)32-27-25(20-13-17(3)30-15-23(20)35-27)26-31-21-14-19(5-6-22(21)34-26)18-7-10-28-11-8-18/h5-8,10-11,14,16-17,29-30H,4,9,12-13,15H2,1-3H3,(H,32,33)/t16?,17-/m1/s1. The largest absolute Gasteiger partial charge is 0.317 e. The van der Waals surface area contributed by atoms with E-state index in [-0.39, 0.29) is 5.91 Å². The molecule has 1 aliphatic heterocycles. The number of benzene rings is 1. The van der Waals surface area contributed by atoms with Crippen molar-refractivity contribution in [2.24, 2.45) is 0 Å². The lowest BCUT2D eigenvalue weighted by Crippen LogP contribution is -2.32. The average molecular weight is 506 g/mol. The SMILES string of the molecule is CCC(C)NCCC(=O)Nc1sc2c(c1-c1nc3cc(-c4ccncc4)ccc3s1)C[C@@H](C)NC2. The third-order valence-electron chi connectivity index (χ3n) is 6.54. The number of thiazole rings is 1. The maximum Gasteiger partial charge on any atom is 0.226 e. The van der Waals surface area contributed by atoms with Crippen LogP contribution in [0.1, 0.15) is 44.1 Å². The molecule has 1 aromatic carbocycles. The smallest absolute Gasteiger partial charge is 0.226 e. The predicted octanol–water partition coefficient (Wildman–Crippen LogP) is 5.84. The molecule has 0 spiro atoms. The Hall–Kier alpha value is -2.65. The van der Waals surface area contributed by atoms with E-state index in [4.69, 9.17) is 4.98 Å². The zero-order valence-electron chi connectivity index (χ0n) is 20.4. The molecule has 3 aromatic heterocycles. The molecule has 1 unspecified atom stereocenters. The number of nitrogens with one attached hydrogen (secondary N) is 3. The van der Waals surface area contributed by atoms with Gasteiger partial charge < -0.3 is 16.0 Å². The summed E-state index contributed by atoms with van der Waals surface area (Å²) in [6.07, 6.45) is 6.06. The summed E-state index contributed by atoms with van der Waals surface area (Å²) < 4.78 is 1.15. The summed E-state index contributed by atoms with van der Waals surface area (Å²) in [4.78, 5) is 23.3.